The second-order valence-corrected chi connectivity index (χ2v) is 7.97. The number of nitrogens with zero attached hydrogens (tertiary/aromatic N) is 4. The van der Waals surface area contributed by atoms with Crippen molar-refractivity contribution in [2.45, 2.75) is 32.2 Å². The fourth-order valence-corrected chi connectivity index (χ4v) is 3.97. The van der Waals surface area contributed by atoms with Crippen LogP contribution in [0.1, 0.15) is 46.6 Å². The number of carboxylic acids is 1. The van der Waals surface area contributed by atoms with Gasteiger partial charge >= 0.3 is 5.97 Å². The molecule has 2 heterocycles. The summed E-state index contributed by atoms with van der Waals surface area (Å²) in [7, 11) is 0. The molecule has 1 fully saturated rings. The van der Waals surface area contributed by atoms with Crippen molar-refractivity contribution in [1.29, 1.82) is 5.26 Å². The van der Waals surface area contributed by atoms with Crippen LogP contribution in [-0.4, -0.2) is 40.1 Å². The Morgan fingerprint density at radius 2 is 2.06 bits per heavy atom. The number of nitrogens with one attached hydrogen (secondary N) is 1. The summed E-state index contributed by atoms with van der Waals surface area (Å²) in [4.78, 5) is 22.0. The predicted molar refractivity (Wildman–Crippen MR) is 116 cm³/mol. The highest BCUT2D eigenvalue weighted by molar-refractivity contribution is 5.94. The van der Waals surface area contributed by atoms with Crippen LogP contribution in [0.5, 0.6) is 0 Å². The Morgan fingerprint density at radius 1 is 1.31 bits per heavy atom. The molecule has 4 rings (SSSR count). The van der Waals surface area contributed by atoms with Crippen LogP contribution in [0.2, 0.25) is 0 Å². The van der Waals surface area contributed by atoms with Crippen molar-refractivity contribution in [2.75, 3.05) is 23.3 Å². The molecule has 1 saturated heterocycles. The summed E-state index contributed by atoms with van der Waals surface area (Å²) >= 11 is 0. The first-order valence-corrected chi connectivity index (χ1v) is 10.1. The average Bonchev–Trinajstić information content (AvgIpc) is 3.11. The molecule has 1 unspecified atom stereocenters. The minimum absolute atomic E-state index is 0.00332. The lowest BCUT2D eigenvalue weighted by Gasteiger charge is -2.22. The van der Waals surface area contributed by atoms with E-state index in [2.05, 4.69) is 15.3 Å². The van der Waals surface area contributed by atoms with Crippen LogP contribution in [0.25, 0.3) is 11.0 Å². The number of aromatic carboxylic acids is 1. The van der Waals surface area contributed by atoms with Crippen molar-refractivity contribution in [2.24, 2.45) is 0 Å². The molecule has 0 aliphatic carbocycles. The Morgan fingerprint density at radius 3 is 2.72 bits per heavy atom. The lowest BCUT2D eigenvalue weighted by Crippen LogP contribution is -2.26. The smallest absolute Gasteiger partial charge is 0.337 e. The summed E-state index contributed by atoms with van der Waals surface area (Å²) in [5.74, 6) is -3.75. The summed E-state index contributed by atoms with van der Waals surface area (Å²) in [5.41, 5.74) is 3.15. The quantitative estimate of drug-likeness (QED) is 0.605. The van der Waals surface area contributed by atoms with E-state index in [1.54, 1.807) is 24.3 Å². The molecular weight excluding hydrogens is 416 g/mol. The van der Waals surface area contributed by atoms with E-state index in [1.807, 2.05) is 26.0 Å². The van der Waals surface area contributed by atoms with Gasteiger partial charge < -0.3 is 15.3 Å². The van der Waals surface area contributed by atoms with Crippen molar-refractivity contribution in [3.05, 3.63) is 58.8 Å². The molecule has 1 atom stereocenters. The largest absolute Gasteiger partial charge is 0.478 e. The highest BCUT2D eigenvalue weighted by Crippen LogP contribution is 2.34. The molecular formula is C23H21F2N5O2. The first kappa shape index (κ1) is 21.4. The SMILES string of the molecule is Cc1cc(C(C)Nc2ccccc2C(=O)O)c2nc(N3CCC(F)(F)C3)c(C#N)nc2c1. The fraction of sp³-hybridized carbons (Fsp3) is 0.304. The zero-order valence-electron chi connectivity index (χ0n) is 17.6. The number of aryl methyl sites for hydroxylation is 1. The second-order valence-electron chi connectivity index (χ2n) is 7.97. The highest BCUT2D eigenvalue weighted by atomic mass is 19.3. The number of alkyl halides is 2. The van der Waals surface area contributed by atoms with Gasteiger partial charge in [-0.2, -0.15) is 5.26 Å². The zero-order chi connectivity index (χ0) is 23.0. The first-order valence-electron chi connectivity index (χ1n) is 10.1. The summed E-state index contributed by atoms with van der Waals surface area (Å²) in [5, 5.41) is 22.2. The van der Waals surface area contributed by atoms with E-state index < -0.39 is 18.4 Å². The monoisotopic (exact) mass is 437 g/mol. The number of rotatable bonds is 5. The Balaban J connectivity index is 1.80. The van der Waals surface area contributed by atoms with E-state index in [1.165, 1.54) is 11.0 Å². The third kappa shape index (κ3) is 4.04. The normalized spacial score (nSPS) is 16.0. The summed E-state index contributed by atoms with van der Waals surface area (Å²) < 4.78 is 27.6. The summed E-state index contributed by atoms with van der Waals surface area (Å²) in [6, 6.07) is 11.9. The van der Waals surface area contributed by atoms with E-state index in [0.29, 0.717) is 16.7 Å². The summed E-state index contributed by atoms with van der Waals surface area (Å²) in [6.07, 6.45) is -0.303. The topological polar surface area (TPSA) is 102 Å². The lowest BCUT2D eigenvalue weighted by atomic mass is 10.0. The number of anilines is 2. The van der Waals surface area contributed by atoms with Gasteiger partial charge in [-0.3, -0.25) is 0 Å². The summed E-state index contributed by atoms with van der Waals surface area (Å²) in [6.45, 7) is 3.31. The van der Waals surface area contributed by atoms with Gasteiger partial charge in [0.25, 0.3) is 5.92 Å². The molecule has 0 bridgehead atoms. The molecule has 2 aromatic carbocycles. The number of halogens is 2. The Hall–Kier alpha value is -3.80. The van der Waals surface area contributed by atoms with Crippen LogP contribution in [-0.2, 0) is 0 Å². The maximum atomic E-state index is 13.8. The maximum Gasteiger partial charge on any atom is 0.337 e. The van der Waals surface area contributed by atoms with Crippen LogP contribution in [0.4, 0.5) is 20.3 Å². The fourth-order valence-electron chi connectivity index (χ4n) is 3.97. The van der Waals surface area contributed by atoms with Crippen molar-refractivity contribution in [3.63, 3.8) is 0 Å². The molecule has 2 N–H and O–H groups in total. The van der Waals surface area contributed by atoms with E-state index in [-0.39, 0.29) is 36.1 Å². The Labute approximate surface area is 183 Å². The van der Waals surface area contributed by atoms with Gasteiger partial charge in [0.15, 0.2) is 11.5 Å². The molecule has 9 heteroatoms. The molecule has 32 heavy (non-hydrogen) atoms. The van der Waals surface area contributed by atoms with Crippen LogP contribution in [0.3, 0.4) is 0 Å². The molecule has 0 spiro atoms. The van der Waals surface area contributed by atoms with E-state index in [0.717, 1.165) is 11.1 Å². The van der Waals surface area contributed by atoms with Crippen molar-refractivity contribution in [1.82, 2.24) is 9.97 Å². The van der Waals surface area contributed by atoms with E-state index in [9.17, 15) is 23.9 Å². The number of nitriles is 1. The molecule has 1 aliphatic heterocycles. The number of hydrogen-bond donors (Lipinski definition) is 2. The minimum Gasteiger partial charge on any atom is -0.478 e. The number of carbonyl (C=O) groups is 1. The van der Waals surface area contributed by atoms with Crippen molar-refractivity contribution in [3.8, 4) is 6.07 Å². The molecule has 0 amide bonds. The number of aromatic nitrogens is 2. The third-order valence-electron chi connectivity index (χ3n) is 5.50. The van der Waals surface area contributed by atoms with Crippen LogP contribution >= 0.6 is 0 Å². The zero-order valence-corrected chi connectivity index (χ0v) is 17.6. The van der Waals surface area contributed by atoms with Gasteiger partial charge in [-0.15, -0.1) is 0 Å². The standard InChI is InChI=1S/C23H21F2N5O2/c1-13-9-16(14(2)27-17-6-4-3-5-15(17)22(31)32)20-18(10-13)28-19(11-26)21(29-20)30-8-7-23(24,25)12-30/h3-6,9-10,14,27H,7-8,12H2,1-2H3,(H,31,32). The molecule has 0 radical (unpaired) electrons. The van der Waals surface area contributed by atoms with Crippen LogP contribution in [0.15, 0.2) is 36.4 Å². The second kappa shape index (κ2) is 8.04. The number of hydrogen-bond acceptors (Lipinski definition) is 6. The Kier molecular flexibility index (Phi) is 5.38. The number of para-hydroxylation sites is 1. The van der Waals surface area contributed by atoms with Gasteiger partial charge in [-0.05, 0) is 37.6 Å². The average molecular weight is 437 g/mol. The molecule has 1 aliphatic rings. The molecule has 0 saturated carbocycles. The number of carboxylic acid groups (broad SMARTS) is 1. The van der Waals surface area contributed by atoms with Gasteiger partial charge in [-0.25, -0.2) is 23.5 Å². The van der Waals surface area contributed by atoms with Crippen molar-refractivity contribution < 1.29 is 18.7 Å². The first-order chi connectivity index (χ1) is 15.2. The molecule has 7 nitrogen and oxygen atoms in total. The van der Waals surface area contributed by atoms with Crippen LogP contribution < -0.4 is 10.2 Å². The minimum atomic E-state index is -2.84. The number of fused-ring (bicyclic) bond motifs is 1. The van der Waals surface area contributed by atoms with Gasteiger partial charge in [-0.1, -0.05) is 18.2 Å². The van der Waals surface area contributed by atoms with Gasteiger partial charge in [0.2, 0.25) is 0 Å². The van der Waals surface area contributed by atoms with E-state index in [4.69, 9.17) is 0 Å². The van der Waals surface area contributed by atoms with Gasteiger partial charge in [0.05, 0.1) is 29.2 Å². The highest BCUT2D eigenvalue weighted by Gasteiger charge is 2.40. The maximum absolute atomic E-state index is 13.8. The molecule has 1 aromatic heterocycles. The Bertz CT molecular complexity index is 1260. The predicted octanol–water partition coefficient (Wildman–Crippen LogP) is 4.53. The molecule has 164 valence electrons. The third-order valence-corrected chi connectivity index (χ3v) is 5.50. The van der Waals surface area contributed by atoms with Crippen LogP contribution in [0, 0.1) is 18.3 Å². The van der Waals surface area contributed by atoms with Gasteiger partial charge in [0, 0.05) is 24.2 Å². The number of benzene rings is 2. The van der Waals surface area contributed by atoms with E-state index >= 15 is 0 Å². The lowest BCUT2D eigenvalue weighted by molar-refractivity contribution is 0.0256. The van der Waals surface area contributed by atoms with Gasteiger partial charge in [0.1, 0.15) is 6.07 Å². The van der Waals surface area contributed by atoms with Crippen molar-refractivity contribution >= 4 is 28.5 Å². The molecule has 3 aromatic rings.